The minimum absolute atomic E-state index is 0.0747. The molecule has 0 aliphatic carbocycles. The van der Waals surface area contributed by atoms with Gasteiger partial charge in [-0.1, -0.05) is 42.5 Å². The Morgan fingerprint density at radius 3 is 2.88 bits per heavy atom. The number of nitrogens with one attached hydrogen (secondary N) is 3. The summed E-state index contributed by atoms with van der Waals surface area (Å²) in [4.78, 5) is 16.2. The first-order chi connectivity index (χ1) is 15.6. The Kier molecular flexibility index (Phi) is 5.34. The van der Waals surface area contributed by atoms with E-state index in [0.29, 0.717) is 11.1 Å². The van der Waals surface area contributed by atoms with Crippen LogP contribution in [-0.4, -0.2) is 18.3 Å². The number of aliphatic imine (C=N–C) groups is 1. The van der Waals surface area contributed by atoms with E-state index in [0.717, 1.165) is 35.4 Å². The molecule has 5 N–H and O–H groups in total. The number of rotatable bonds is 5. The highest BCUT2D eigenvalue weighted by atomic mass is 16.3. The predicted octanol–water partition coefficient (Wildman–Crippen LogP) is 3.39. The largest absolute Gasteiger partial charge is 0.460 e. The van der Waals surface area contributed by atoms with Gasteiger partial charge in [0, 0.05) is 42.0 Å². The summed E-state index contributed by atoms with van der Waals surface area (Å²) < 4.78 is 6.01. The van der Waals surface area contributed by atoms with Crippen LogP contribution in [0.15, 0.2) is 81.5 Å². The van der Waals surface area contributed by atoms with Gasteiger partial charge in [0.15, 0.2) is 0 Å². The standard InChI is InChI=1S/C25H25N5O2/c1-15-21(18-8-5-9-19(23(26)31)22(18)32-15)25-29-20-11-13-27-12-10-17(20)24(30-25)28-14-16-6-3-2-4-7-16/h2-9,11-13,24-25,28-30H,10,14H2,1H3,(H2,26,31). The van der Waals surface area contributed by atoms with E-state index in [4.69, 9.17) is 10.2 Å². The van der Waals surface area contributed by atoms with E-state index in [2.05, 4.69) is 33.1 Å². The zero-order valence-electron chi connectivity index (χ0n) is 17.8. The van der Waals surface area contributed by atoms with Crippen LogP contribution in [0.1, 0.15) is 39.8 Å². The van der Waals surface area contributed by atoms with Crippen molar-refractivity contribution in [2.75, 3.05) is 0 Å². The van der Waals surface area contributed by atoms with Crippen LogP contribution in [0.25, 0.3) is 11.0 Å². The quantitative estimate of drug-likeness (QED) is 0.500. The SMILES string of the molecule is Cc1oc2c(C(N)=O)cccc2c1C1NC2=C(CC=NC=C2)C(NCc2ccccc2)N1. The van der Waals surface area contributed by atoms with Crippen molar-refractivity contribution in [3.8, 4) is 0 Å². The van der Waals surface area contributed by atoms with Gasteiger partial charge in [0.1, 0.15) is 17.5 Å². The van der Waals surface area contributed by atoms with Crippen LogP contribution < -0.4 is 21.7 Å². The van der Waals surface area contributed by atoms with E-state index >= 15 is 0 Å². The van der Waals surface area contributed by atoms with Crippen molar-refractivity contribution in [3.05, 3.63) is 94.5 Å². The topological polar surface area (TPSA) is 105 Å². The van der Waals surface area contributed by atoms with Crippen LogP contribution in [0, 0.1) is 6.92 Å². The molecule has 32 heavy (non-hydrogen) atoms. The van der Waals surface area contributed by atoms with Crippen LogP contribution in [0.2, 0.25) is 0 Å². The van der Waals surface area contributed by atoms with Crippen LogP contribution in [-0.2, 0) is 6.54 Å². The van der Waals surface area contributed by atoms with Gasteiger partial charge in [0.25, 0.3) is 5.91 Å². The Morgan fingerprint density at radius 2 is 2.06 bits per heavy atom. The monoisotopic (exact) mass is 427 g/mol. The molecule has 2 aromatic carbocycles. The first kappa shape index (κ1) is 20.2. The number of para-hydroxylation sites is 1. The van der Waals surface area contributed by atoms with E-state index < -0.39 is 5.91 Å². The summed E-state index contributed by atoms with van der Waals surface area (Å²) in [5.41, 5.74) is 10.9. The second-order valence-corrected chi connectivity index (χ2v) is 7.95. The molecule has 0 radical (unpaired) electrons. The van der Waals surface area contributed by atoms with Crippen molar-refractivity contribution in [1.29, 1.82) is 0 Å². The number of furan rings is 1. The molecule has 2 atom stereocenters. The molecule has 2 aliphatic heterocycles. The van der Waals surface area contributed by atoms with Crippen molar-refractivity contribution >= 4 is 23.1 Å². The van der Waals surface area contributed by atoms with Gasteiger partial charge in [0.05, 0.1) is 11.7 Å². The summed E-state index contributed by atoms with van der Waals surface area (Å²) in [6.07, 6.45) is 6.15. The summed E-state index contributed by atoms with van der Waals surface area (Å²) in [6.45, 7) is 2.63. The maximum Gasteiger partial charge on any atom is 0.252 e. The van der Waals surface area contributed by atoms with Crippen molar-refractivity contribution < 1.29 is 9.21 Å². The average Bonchev–Trinajstić information content (AvgIpc) is 2.96. The molecular formula is C25H25N5O2. The molecule has 7 heteroatoms. The molecule has 0 bridgehead atoms. The van der Waals surface area contributed by atoms with Gasteiger partial charge in [-0.3, -0.25) is 20.4 Å². The third-order valence-corrected chi connectivity index (χ3v) is 5.92. The second kappa shape index (κ2) is 8.45. The van der Waals surface area contributed by atoms with Gasteiger partial charge < -0.3 is 15.5 Å². The molecule has 7 nitrogen and oxygen atoms in total. The smallest absolute Gasteiger partial charge is 0.252 e. The van der Waals surface area contributed by atoms with E-state index in [1.165, 1.54) is 11.1 Å². The van der Waals surface area contributed by atoms with E-state index in [-0.39, 0.29) is 12.3 Å². The molecule has 0 fully saturated rings. The van der Waals surface area contributed by atoms with Gasteiger partial charge in [-0.2, -0.15) is 0 Å². The summed E-state index contributed by atoms with van der Waals surface area (Å²) >= 11 is 0. The number of hydrogen-bond donors (Lipinski definition) is 4. The van der Waals surface area contributed by atoms with E-state index in [9.17, 15) is 4.79 Å². The number of carbonyl (C=O) groups is 1. The van der Waals surface area contributed by atoms with Crippen LogP contribution in [0.3, 0.4) is 0 Å². The molecule has 0 saturated heterocycles. The lowest BCUT2D eigenvalue weighted by Gasteiger charge is -2.36. The number of nitrogens with two attached hydrogens (primary N) is 1. The number of aryl methyl sites for hydroxylation is 1. The van der Waals surface area contributed by atoms with E-state index in [1.54, 1.807) is 12.3 Å². The molecular weight excluding hydrogens is 402 g/mol. The Balaban J connectivity index is 1.52. The number of primary amides is 1. The molecule has 2 aliphatic rings. The minimum Gasteiger partial charge on any atom is -0.460 e. The van der Waals surface area contributed by atoms with Gasteiger partial charge in [0.2, 0.25) is 0 Å². The molecule has 1 amide bonds. The normalized spacial score (nSPS) is 20.2. The third-order valence-electron chi connectivity index (χ3n) is 5.92. The number of fused-ring (bicyclic) bond motifs is 1. The van der Waals surface area contributed by atoms with Crippen LogP contribution in [0.4, 0.5) is 0 Å². The lowest BCUT2D eigenvalue weighted by molar-refractivity contribution is 0.100. The Bertz CT molecular complexity index is 1260. The van der Waals surface area contributed by atoms with E-state index in [1.807, 2.05) is 49.5 Å². The highest BCUT2D eigenvalue weighted by Crippen LogP contribution is 2.34. The summed E-state index contributed by atoms with van der Waals surface area (Å²) in [7, 11) is 0. The van der Waals surface area contributed by atoms with Gasteiger partial charge in [-0.05, 0) is 30.2 Å². The summed E-state index contributed by atoms with van der Waals surface area (Å²) in [6, 6.07) is 15.8. The summed E-state index contributed by atoms with van der Waals surface area (Å²) in [5.74, 6) is 0.232. The maximum atomic E-state index is 11.9. The van der Waals surface area contributed by atoms with Crippen LogP contribution >= 0.6 is 0 Å². The van der Waals surface area contributed by atoms with Crippen molar-refractivity contribution in [1.82, 2.24) is 16.0 Å². The molecule has 162 valence electrons. The fourth-order valence-electron chi connectivity index (χ4n) is 4.39. The fourth-order valence-corrected chi connectivity index (χ4v) is 4.39. The van der Waals surface area contributed by atoms with Gasteiger partial charge in [-0.25, -0.2) is 0 Å². The Hall–Kier alpha value is -3.68. The maximum absolute atomic E-state index is 11.9. The predicted molar refractivity (Wildman–Crippen MR) is 125 cm³/mol. The molecule has 3 heterocycles. The highest BCUT2D eigenvalue weighted by molar-refractivity contribution is 6.05. The minimum atomic E-state index is -0.503. The van der Waals surface area contributed by atoms with Gasteiger partial charge >= 0.3 is 0 Å². The molecule has 2 unspecified atom stereocenters. The second-order valence-electron chi connectivity index (χ2n) is 7.95. The zero-order valence-corrected chi connectivity index (χ0v) is 17.8. The summed E-state index contributed by atoms with van der Waals surface area (Å²) in [5, 5.41) is 11.8. The lowest BCUT2D eigenvalue weighted by Crippen LogP contribution is -2.53. The third kappa shape index (κ3) is 3.72. The number of carbonyl (C=O) groups excluding carboxylic acids is 1. The number of nitrogens with zero attached hydrogens (tertiary/aromatic N) is 1. The molecule has 3 aromatic rings. The molecule has 0 saturated carbocycles. The first-order valence-corrected chi connectivity index (χ1v) is 10.6. The molecule has 5 rings (SSSR count). The van der Waals surface area contributed by atoms with Gasteiger partial charge in [-0.15, -0.1) is 0 Å². The van der Waals surface area contributed by atoms with Crippen molar-refractivity contribution in [2.45, 2.75) is 32.2 Å². The average molecular weight is 428 g/mol. The Labute approximate surface area is 186 Å². The highest BCUT2D eigenvalue weighted by Gasteiger charge is 2.31. The number of hydrogen-bond acceptors (Lipinski definition) is 6. The first-order valence-electron chi connectivity index (χ1n) is 10.6. The number of benzene rings is 2. The Morgan fingerprint density at radius 1 is 1.22 bits per heavy atom. The van der Waals surface area contributed by atoms with Crippen molar-refractivity contribution in [3.63, 3.8) is 0 Å². The fraction of sp³-hybridized carbons (Fsp3) is 0.200. The van der Waals surface area contributed by atoms with Crippen LogP contribution in [0.5, 0.6) is 0 Å². The molecule has 0 spiro atoms. The lowest BCUT2D eigenvalue weighted by atomic mass is 9.99. The molecule has 1 aromatic heterocycles. The zero-order chi connectivity index (χ0) is 22.1. The number of amides is 1. The van der Waals surface area contributed by atoms with Crippen molar-refractivity contribution in [2.24, 2.45) is 10.7 Å². The number of allylic oxidation sites excluding steroid dienone is 1.